The normalized spacial score (nSPS) is 43.5. The van der Waals surface area contributed by atoms with Crippen LogP contribution in [-0.4, -0.2) is 140 Å². The van der Waals surface area contributed by atoms with Gasteiger partial charge < -0.3 is 37.8 Å². The molecule has 1 saturated carbocycles. The van der Waals surface area contributed by atoms with Gasteiger partial charge in [0, 0.05) is 60.1 Å². The van der Waals surface area contributed by atoms with Gasteiger partial charge in [0.05, 0.1) is 12.6 Å². The molecule has 3 aliphatic carbocycles. The molecule has 0 amide bonds. The summed E-state index contributed by atoms with van der Waals surface area (Å²) in [7, 11) is 1.48. The van der Waals surface area contributed by atoms with E-state index < -0.39 is 54.2 Å². The molecule has 0 aromatic rings. The largest absolute Gasteiger partial charge is 0.456 e. The van der Waals surface area contributed by atoms with E-state index in [0.29, 0.717) is 23.0 Å². The van der Waals surface area contributed by atoms with Crippen LogP contribution in [0.4, 0.5) is 0 Å². The average Bonchev–Trinajstić information content (AvgIpc) is 3.76. The van der Waals surface area contributed by atoms with E-state index in [2.05, 4.69) is 22.2 Å². The summed E-state index contributed by atoms with van der Waals surface area (Å²) in [5.41, 5.74) is 9.09. The zero-order chi connectivity index (χ0) is 38.4. The van der Waals surface area contributed by atoms with E-state index in [1.54, 1.807) is 13.0 Å². The predicted molar refractivity (Wildman–Crippen MR) is 196 cm³/mol. The maximum absolute atomic E-state index is 13.9. The van der Waals surface area contributed by atoms with Crippen LogP contribution in [0, 0.1) is 29.6 Å². The number of nitrogens with zero attached hydrogens (tertiary/aromatic N) is 5. The van der Waals surface area contributed by atoms with Gasteiger partial charge in [-0.2, -0.15) is 0 Å². The Kier molecular flexibility index (Phi) is 10.9. The first-order chi connectivity index (χ1) is 25.9. The molecule has 1 N–H and O–H groups in total. The molecule has 6 bridgehead atoms. The molecule has 0 radical (unpaired) electrons. The van der Waals surface area contributed by atoms with E-state index in [4.69, 9.17) is 29.2 Å². The Morgan fingerprint density at radius 1 is 1.15 bits per heavy atom. The minimum absolute atomic E-state index is 0.204. The molecule has 294 valence electrons. The van der Waals surface area contributed by atoms with E-state index in [0.717, 1.165) is 62.3 Å². The summed E-state index contributed by atoms with van der Waals surface area (Å²) in [6, 6.07) is 0. The van der Waals surface area contributed by atoms with Crippen molar-refractivity contribution in [2.24, 2.45) is 34.7 Å². The fraction of sp³-hybridized carbons (Fsp3) is 0.725. The van der Waals surface area contributed by atoms with Gasteiger partial charge in [-0.15, -0.1) is 0 Å². The van der Waals surface area contributed by atoms with Crippen LogP contribution in [0.15, 0.2) is 52.7 Å². The standard InChI is InChI=1S/C40H57N5O9/c1-24-21-25(2)40-29(11-12-30-33(40)34(47)26(3)36(37(30)54-40)53-38(48)28-9-6-7-10-28)22-31(50-5)39(49)52-35(24)27(4)51-32(46)23-45-18-15-44(16-19-45,17-20-45)14-8-13-42-43-41/h6-7,9,11-12,21,24,26-27,29-31,33-37,47H,8,10,13-20,22-23H2,1-5H3/q+2/b25-21+/t24-,26-,27-,29-,30-,31+,33+,34-,35+,36-,37-,40+,44?,45?/m1/s1. The smallest absolute Gasteiger partial charge is 0.362 e. The van der Waals surface area contributed by atoms with Crippen molar-refractivity contribution in [3.8, 4) is 0 Å². The minimum atomic E-state index is -0.991. The zero-order valence-electron chi connectivity index (χ0n) is 32.2. The topological polar surface area (TPSA) is 166 Å². The molecule has 4 saturated heterocycles. The third kappa shape index (κ3) is 6.83. The predicted octanol–water partition coefficient (Wildman–Crippen LogP) is 3.56. The van der Waals surface area contributed by atoms with Gasteiger partial charge >= 0.3 is 17.9 Å². The number of methoxy groups -OCH3 is 1. The summed E-state index contributed by atoms with van der Waals surface area (Å²) in [5.74, 6) is -2.91. The van der Waals surface area contributed by atoms with Crippen molar-refractivity contribution in [2.45, 2.75) is 89.2 Å². The van der Waals surface area contributed by atoms with Crippen LogP contribution >= 0.6 is 0 Å². The second kappa shape index (κ2) is 15.2. The average molecular weight is 752 g/mol. The van der Waals surface area contributed by atoms with Crippen molar-refractivity contribution in [3.05, 3.63) is 58.0 Å². The molecule has 5 aliphatic heterocycles. The fourth-order valence-corrected chi connectivity index (χ4v) is 10.9. The lowest BCUT2D eigenvalue weighted by Crippen LogP contribution is -2.75. The number of rotatable bonds is 11. The molecule has 0 unspecified atom stereocenters. The lowest BCUT2D eigenvalue weighted by Gasteiger charge is -2.55. The number of aliphatic hydroxyl groups is 1. The molecular formula is C40H57N5O9+2. The number of azide groups is 1. The van der Waals surface area contributed by atoms with Crippen molar-refractivity contribution < 1.29 is 52.1 Å². The number of allylic oxidation sites excluding steroid dienone is 3. The van der Waals surface area contributed by atoms with Crippen molar-refractivity contribution in [3.63, 3.8) is 0 Å². The Balaban J connectivity index is 1.09. The first-order valence-corrected chi connectivity index (χ1v) is 19.8. The summed E-state index contributed by atoms with van der Waals surface area (Å²) in [6.45, 7) is 15.0. The van der Waals surface area contributed by atoms with Crippen molar-refractivity contribution in [2.75, 3.05) is 66.0 Å². The van der Waals surface area contributed by atoms with Gasteiger partial charge in [-0.3, -0.25) is 0 Å². The first-order valence-electron chi connectivity index (χ1n) is 19.8. The summed E-state index contributed by atoms with van der Waals surface area (Å²) >= 11 is 0. The number of cyclic esters (lactones) is 1. The minimum Gasteiger partial charge on any atom is -0.456 e. The number of piperazine rings is 3. The highest BCUT2D eigenvalue weighted by Gasteiger charge is 2.69. The van der Waals surface area contributed by atoms with Gasteiger partial charge in [0.1, 0.15) is 69.3 Å². The number of aliphatic hydroxyl groups excluding tert-OH is 1. The third-order valence-corrected chi connectivity index (χ3v) is 14.0. The van der Waals surface area contributed by atoms with Crippen LogP contribution in [0.1, 0.15) is 47.0 Å². The van der Waals surface area contributed by atoms with Gasteiger partial charge in [-0.05, 0) is 37.8 Å². The molecule has 12 atom stereocenters. The number of esters is 3. The Hall–Kier alpha value is -3.52. The van der Waals surface area contributed by atoms with Crippen LogP contribution in [0.25, 0.3) is 10.4 Å². The number of carbonyl (C=O) groups excluding carboxylic acids is 3. The molecule has 5 fully saturated rings. The number of carbonyl (C=O) groups is 3. The van der Waals surface area contributed by atoms with Crippen molar-refractivity contribution in [1.82, 2.24) is 0 Å². The highest BCUT2D eigenvalue weighted by Crippen LogP contribution is 2.61. The molecule has 8 aliphatic rings. The van der Waals surface area contributed by atoms with Crippen LogP contribution in [0.2, 0.25) is 0 Å². The monoisotopic (exact) mass is 751 g/mol. The van der Waals surface area contributed by atoms with E-state index in [1.807, 2.05) is 39.0 Å². The highest BCUT2D eigenvalue weighted by atomic mass is 16.6. The molecule has 0 aromatic heterocycles. The summed E-state index contributed by atoms with van der Waals surface area (Å²) in [4.78, 5) is 43.6. The second-order valence-electron chi connectivity index (χ2n) is 17.0. The Morgan fingerprint density at radius 3 is 2.54 bits per heavy atom. The second-order valence-corrected chi connectivity index (χ2v) is 17.0. The van der Waals surface area contributed by atoms with Gasteiger partial charge in [0.25, 0.3) is 0 Å². The van der Waals surface area contributed by atoms with E-state index in [9.17, 15) is 19.5 Å². The summed E-state index contributed by atoms with van der Waals surface area (Å²) in [6.07, 6.45) is 8.82. The lowest BCUT2D eigenvalue weighted by atomic mass is 9.57. The Labute approximate surface area is 317 Å². The summed E-state index contributed by atoms with van der Waals surface area (Å²) in [5, 5.41) is 15.7. The van der Waals surface area contributed by atoms with E-state index in [1.165, 1.54) is 7.11 Å². The van der Waals surface area contributed by atoms with Crippen molar-refractivity contribution in [1.29, 1.82) is 0 Å². The van der Waals surface area contributed by atoms with Crippen LogP contribution in [0.5, 0.6) is 0 Å². The number of ether oxygens (including phenoxy) is 5. The summed E-state index contributed by atoms with van der Waals surface area (Å²) < 4.78 is 33.0. The molecule has 1 spiro atoms. The molecular weight excluding hydrogens is 694 g/mol. The molecule has 5 heterocycles. The zero-order valence-corrected chi connectivity index (χ0v) is 32.2. The first kappa shape index (κ1) is 38.7. The maximum atomic E-state index is 13.9. The Morgan fingerprint density at radius 2 is 1.87 bits per heavy atom. The van der Waals surface area contributed by atoms with Crippen molar-refractivity contribution >= 4 is 17.9 Å². The lowest BCUT2D eigenvalue weighted by molar-refractivity contribution is -1.08. The van der Waals surface area contributed by atoms with Crippen LogP contribution < -0.4 is 0 Å². The Bertz CT molecular complexity index is 1640. The van der Waals surface area contributed by atoms with E-state index >= 15 is 0 Å². The number of fused-ring (bicyclic) bond motifs is 3. The third-order valence-electron chi connectivity index (χ3n) is 14.0. The SMILES string of the molecule is CO[C@H]1C[C@H]2C=C[C@H]3[C@H]4O[C@]2(/C(C)=C/[C@@H](C)[C@@H]([C@@H](C)OC(=O)C[N+]25CC[N+](CCCN=[N+]=[N-])(CC2)CC5)OC1=O)[C@@H]3[C@H](O)[C@@H](C)[C@H]4OC(=O)C1=CC=CC1. The van der Waals surface area contributed by atoms with Crippen LogP contribution in [-0.2, 0) is 38.1 Å². The number of hydrogen-bond acceptors (Lipinski definition) is 10. The van der Waals surface area contributed by atoms with E-state index in [-0.39, 0.29) is 48.5 Å². The molecule has 54 heavy (non-hydrogen) atoms. The maximum Gasteiger partial charge on any atom is 0.362 e. The highest BCUT2D eigenvalue weighted by molar-refractivity contribution is 5.90. The van der Waals surface area contributed by atoms with Gasteiger partial charge in [-0.1, -0.05) is 55.4 Å². The fourth-order valence-electron chi connectivity index (χ4n) is 10.9. The molecule has 8 rings (SSSR count). The number of quaternary nitrogens is 2. The molecule has 0 aromatic carbocycles. The molecule has 14 heteroatoms. The van der Waals surface area contributed by atoms with Gasteiger partial charge in [0.2, 0.25) is 0 Å². The molecule has 14 nitrogen and oxygen atoms in total. The quantitative estimate of drug-likeness (QED) is 0.0486. The number of hydrogen-bond donors (Lipinski definition) is 1. The van der Waals surface area contributed by atoms with Crippen LogP contribution in [0.3, 0.4) is 0 Å². The van der Waals surface area contributed by atoms with Gasteiger partial charge in [0.15, 0.2) is 12.6 Å². The van der Waals surface area contributed by atoms with Gasteiger partial charge in [-0.25, -0.2) is 14.4 Å².